The SMILES string of the molecule is CCOc1ccccc1C(=O)NCCCC(=O)NCc1ccc(OCCOC)cc1. The van der Waals surface area contributed by atoms with Crippen molar-refractivity contribution in [2.45, 2.75) is 26.3 Å². The van der Waals surface area contributed by atoms with Crippen LogP contribution in [0.1, 0.15) is 35.7 Å². The zero-order chi connectivity index (χ0) is 21.6. The molecule has 2 N–H and O–H groups in total. The van der Waals surface area contributed by atoms with Crippen molar-refractivity contribution in [1.82, 2.24) is 10.6 Å². The molecule has 2 rings (SSSR count). The van der Waals surface area contributed by atoms with Gasteiger partial charge in [-0.25, -0.2) is 0 Å². The second-order valence-electron chi connectivity index (χ2n) is 6.55. The minimum atomic E-state index is -0.202. The van der Waals surface area contributed by atoms with Gasteiger partial charge in [-0.1, -0.05) is 24.3 Å². The van der Waals surface area contributed by atoms with Gasteiger partial charge in [-0.15, -0.1) is 0 Å². The van der Waals surface area contributed by atoms with E-state index in [9.17, 15) is 9.59 Å². The fourth-order valence-electron chi connectivity index (χ4n) is 2.72. The summed E-state index contributed by atoms with van der Waals surface area (Å²) in [4.78, 5) is 24.3. The molecule has 0 saturated carbocycles. The fraction of sp³-hybridized carbons (Fsp3) is 0.391. The van der Waals surface area contributed by atoms with Crippen LogP contribution in [0.5, 0.6) is 11.5 Å². The molecule has 2 aromatic carbocycles. The highest BCUT2D eigenvalue weighted by Crippen LogP contribution is 2.17. The summed E-state index contributed by atoms with van der Waals surface area (Å²) in [5.74, 6) is 1.07. The molecule has 0 atom stereocenters. The van der Waals surface area contributed by atoms with Crippen molar-refractivity contribution in [3.63, 3.8) is 0 Å². The van der Waals surface area contributed by atoms with E-state index in [-0.39, 0.29) is 11.8 Å². The molecule has 2 aromatic rings. The molecule has 162 valence electrons. The number of hydrogen-bond donors (Lipinski definition) is 2. The third kappa shape index (κ3) is 8.13. The zero-order valence-electron chi connectivity index (χ0n) is 17.6. The van der Waals surface area contributed by atoms with Gasteiger partial charge < -0.3 is 24.8 Å². The van der Waals surface area contributed by atoms with Crippen LogP contribution in [-0.2, 0) is 16.1 Å². The number of carbonyl (C=O) groups is 2. The number of rotatable bonds is 13. The van der Waals surface area contributed by atoms with Crippen molar-refractivity contribution >= 4 is 11.8 Å². The Bertz CT molecular complexity index is 792. The molecule has 0 unspecified atom stereocenters. The molecule has 0 spiro atoms. The summed E-state index contributed by atoms with van der Waals surface area (Å²) in [5.41, 5.74) is 1.49. The summed E-state index contributed by atoms with van der Waals surface area (Å²) >= 11 is 0. The number of carbonyl (C=O) groups excluding carboxylic acids is 2. The van der Waals surface area contributed by atoms with E-state index in [4.69, 9.17) is 14.2 Å². The lowest BCUT2D eigenvalue weighted by molar-refractivity contribution is -0.121. The minimum Gasteiger partial charge on any atom is -0.493 e. The average molecular weight is 415 g/mol. The maximum atomic E-state index is 12.3. The summed E-state index contributed by atoms with van der Waals surface area (Å²) in [6.07, 6.45) is 0.895. The molecular formula is C23H30N2O5. The first kappa shape index (κ1) is 23.2. The number of amides is 2. The van der Waals surface area contributed by atoms with Gasteiger partial charge in [-0.3, -0.25) is 9.59 Å². The second-order valence-corrected chi connectivity index (χ2v) is 6.55. The van der Waals surface area contributed by atoms with E-state index in [2.05, 4.69) is 10.6 Å². The van der Waals surface area contributed by atoms with Gasteiger partial charge >= 0.3 is 0 Å². The molecule has 0 aliphatic heterocycles. The summed E-state index contributed by atoms with van der Waals surface area (Å²) < 4.78 is 15.9. The average Bonchev–Trinajstić information content (AvgIpc) is 2.77. The van der Waals surface area contributed by atoms with Crippen LogP contribution in [0, 0.1) is 0 Å². The number of ether oxygens (including phenoxy) is 3. The van der Waals surface area contributed by atoms with Gasteiger partial charge in [0.2, 0.25) is 5.91 Å². The van der Waals surface area contributed by atoms with Crippen molar-refractivity contribution in [2.24, 2.45) is 0 Å². The second kappa shape index (κ2) is 13.2. The smallest absolute Gasteiger partial charge is 0.255 e. The van der Waals surface area contributed by atoms with Gasteiger partial charge in [0.1, 0.15) is 18.1 Å². The standard InChI is InChI=1S/C23H30N2O5/c1-3-29-21-8-5-4-7-20(21)23(27)24-14-6-9-22(26)25-17-18-10-12-19(13-11-18)30-16-15-28-2/h4-5,7-8,10-13H,3,6,9,14-17H2,1-2H3,(H,24,27)(H,25,26). The van der Waals surface area contributed by atoms with Crippen LogP contribution in [0.2, 0.25) is 0 Å². The zero-order valence-corrected chi connectivity index (χ0v) is 17.6. The number of hydrogen-bond acceptors (Lipinski definition) is 5. The minimum absolute atomic E-state index is 0.0561. The van der Waals surface area contributed by atoms with Crippen LogP contribution >= 0.6 is 0 Å². The molecule has 0 bridgehead atoms. The van der Waals surface area contributed by atoms with Crippen LogP contribution in [-0.4, -0.2) is 45.3 Å². The normalized spacial score (nSPS) is 10.3. The van der Waals surface area contributed by atoms with Gasteiger partial charge in [-0.05, 0) is 43.2 Å². The predicted molar refractivity (Wildman–Crippen MR) is 115 cm³/mol. The third-order valence-corrected chi connectivity index (χ3v) is 4.27. The molecule has 2 amide bonds. The van der Waals surface area contributed by atoms with Crippen LogP contribution in [0.3, 0.4) is 0 Å². The third-order valence-electron chi connectivity index (χ3n) is 4.27. The van der Waals surface area contributed by atoms with E-state index in [0.717, 1.165) is 11.3 Å². The summed E-state index contributed by atoms with van der Waals surface area (Å²) in [7, 11) is 1.63. The molecule has 0 aliphatic carbocycles. The molecule has 0 heterocycles. The van der Waals surface area contributed by atoms with E-state index in [1.165, 1.54) is 0 Å². The Morgan fingerprint density at radius 1 is 0.933 bits per heavy atom. The first-order chi connectivity index (χ1) is 14.6. The van der Waals surface area contributed by atoms with E-state index < -0.39 is 0 Å². The van der Waals surface area contributed by atoms with E-state index in [0.29, 0.717) is 57.1 Å². The van der Waals surface area contributed by atoms with Gasteiger partial charge in [0.05, 0.1) is 18.8 Å². The van der Waals surface area contributed by atoms with E-state index in [1.54, 1.807) is 25.3 Å². The molecular weight excluding hydrogens is 384 g/mol. The molecule has 0 aromatic heterocycles. The highest BCUT2D eigenvalue weighted by molar-refractivity contribution is 5.96. The summed E-state index contributed by atoms with van der Waals surface area (Å²) in [5, 5.41) is 5.72. The number of benzene rings is 2. The molecule has 7 nitrogen and oxygen atoms in total. The lowest BCUT2D eigenvalue weighted by atomic mass is 10.2. The van der Waals surface area contributed by atoms with Crippen LogP contribution < -0.4 is 20.1 Å². The van der Waals surface area contributed by atoms with Crippen LogP contribution in [0.4, 0.5) is 0 Å². The van der Waals surface area contributed by atoms with Crippen LogP contribution in [0.15, 0.2) is 48.5 Å². The maximum Gasteiger partial charge on any atom is 0.255 e. The molecule has 0 aliphatic rings. The Kier molecular flexibility index (Phi) is 10.2. The van der Waals surface area contributed by atoms with Crippen molar-refractivity contribution in [3.05, 3.63) is 59.7 Å². The van der Waals surface area contributed by atoms with Crippen molar-refractivity contribution in [1.29, 1.82) is 0 Å². The number of nitrogens with one attached hydrogen (secondary N) is 2. The van der Waals surface area contributed by atoms with Gasteiger partial charge in [0.25, 0.3) is 5.91 Å². The topological polar surface area (TPSA) is 85.9 Å². The monoisotopic (exact) mass is 414 g/mol. The lowest BCUT2D eigenvalue weighted by Crippen LogP contribution is -2.27. The molecule has 7 heteroatoms. The Balaban J connectivity index is 1.65. The largest absolute Gasteiger partial charge is 0.493 e. The summed E-state index contributed by atoms with van der Waals surface area (Å²) in [6, 6.07) is 14.7. The first-order valence-corrected chi connectivity index (χ1v) is 10.1. The lowest BCUT2D eigenvalue weighted by Gasteiger charge is -2.10. The highest BCUT2D eigenvalue weighted by atomic mass is 16.5. The van der Waals surface area contributed by atoms with E-state index in [1.807, 2.05) is 37.3 Å². The van der Waals surface area contributed by atoms with Gasteiger partial charge in [0, 0.05) is 26.6 Å². The number of methoxy groups -OCH3 is 1. The van der Waals surface area contributed by atoms with E-state index >= 15 is 0 Å². The quantitative estimate of drug-likeness (QED) is 0.492. The number of para-hydroxylation sites is 1. The van der Waals surface area contributed by atoms with Gasteiger partial charge in [0.15, 0.2) is 0 Å². The predicted octanol–water partition coefficient (Wildman–Crippen LogP) is 2.94. The Morgan fingerprint density at radius 3 is 2.43 bits per heavy atom. The summed E-state index contributed by atoms with van der Waals surface area (Å²) in [6.45, 7) is 4.27. The molecule has 0 saturated heterocycles. The molecule has 0 fully saturated rings. The maximum absolute atomic E-state index is 12.3. The van der Waals surface area contributed by atoms with Gasteiger partial charge in [-0.2, -0.15) is 0 Å². The first-order valence-electron chi connectivity index (χ1n) is 10.1. The fourth-order valence-corrected chi connectivity index (χ4v) is 2.72. The van der Waals surface area contributed by atoms with Crippen LogP contribution in [0.25, 0.3) is 0 Å². The highest BCUT2D eigenvalue weighted by Gasteiger charge is 2.11. The van der Waals surface area contributed by atoms with Crippen molar-refractivity contribution < 1.29 is 23.8 Å². The van der Waals surface area contributed by atoms with Crippen molar-refractivity contribution in [3.8, 4) is 11.5 Å². The van der Waals surface area contributed by atoms with Crippen molar-refractivity contribution in [2.75, 3.05) is 33.5 Å². The molecule has 0 radical (unpaired) electrons. The Hall–Kier alpha value is -3.06. The Morgan fingerprint density at radius 2 is 1.70 bits per heavy atom. The molecule has 30 heavy (non-hydrogen) atoms. The Labute approximate surface area is 177 Å².